The van der Waals surface area contributed by atoms with Gasteiger partial charge >= 0.3 is 5.97 Å². The molecule has 0 radical (unpaired) electrons. The lowest BCUT2D eigenvalue weighted by Crippen LogP contribution is -2.13. The smallest absolute Gasteiger partial charge is 0.307 e. The number of carbonyl (C=O) groups is 2. The minimum Gasteiger partial charge on any atom is -0.481 e. The standard InChI is InChI=1S/C11H12O3S/c1-8(10(12)13)7-15-11(14)9-5-3-2-4-6-9/h2-6,8H,7H2,1H3,(H,12,13)/t8-/m1/s1. The van der Waals surface area contributed by atoms with Crippen molar-refractivity contribution in [2.24, 2.45) is 5.92 Å². The highest BCUT2D eigenvalue weighted by molar-refractivity contribution is 8.14. The van der Waals surface area contributed by atoms with Crippen molar-refractivity contribution >= 4 is 22.8 Å². The van der Waals surface area contributed by atoms with Gasteiger partial charge in [-0.25, -0.2) is 0 Å². The molecule has 0 aliphatic carbocycles. The first-order valence-electron chi connectivity index (χ1n) is 4.56. The van der Waals surface area contributed by atoms with Gasteiger partial charge in [0, 0.05) is 11.3 Å². The van der Waals surface area contributed by atoms with Crippen LogP contribution in [-0.2, 0) is 4.79 Å². The lowest BCUT2D eigenvalue weighted by Gasteiger charge is -2.04. The first-order valence-corrected chi connectivity index (χ1v) is 5.55. The number of carbonyl (C=O) groups excluding carboxylic acids is 1. The highest BCUT2D eigenvalue weighted by atomic mass is 32.2. The summed E-state index contributed by atoms with van der Waals surface area (Å²) in [4.78, 5) is 22.1. The summed E-state index contributed by atoms with van der Waals surface area (Å²) in [5.41, 5.74) is 0.611. The van der Waals surface area contributed by atoms with Crippen molar-refractivity contribution in [2.75, 3.05) is 5.75 Å². The minimum absolute atomic E-state index is 0.0799. The Morgan fingerprint density at radius 3 is 2.47 bits per heavy atom. The summed E-state index contributed by atoms with van der Waals surface area (Å²) >= 11 is 1.05. The van der Waals surface area contributed by atoms with Crippen molar-refractivity contribution in [1.82, 2.24) is 0 Å². The van der Waals surface area contributed by atoms with E-state index in [1.165, 1.54) is 0 Å². The summed E-state index contributed by atoms with van der Waals surface area (Å²) in [5, 5.41) is 8.56. The van der Waals surface area contributed by atoms with Gasteiger partial charge in [0.2, 0.25) is 5.12 Å². The van der Waals surface area contributed by atoms with Gasteiger partial charge in [-0.05, 0) is 0 Å². The largest absolute Gasteiger partial charge is 0.481 e. The van der Waals surface area contributed by atoms with Gasteiger partial charge in [0.05, 0.1) is 5.92 Å². The normalized spacial score (nSPS) is 12.1. The molecule has 1 N–H and O–H groups in total. The molecule has 0 amide bonds. The Kier molecular flexibility index (Phi) is 4.37. The zero-order valence-corrected chi connectivity index (χ0v) is 9.16. The molecule has 0 bridgehead atoms. The second kappa shape index (κ2) is 5.56. The van der Waals surface area contributed by atoms with Crippen LogP contribution in [0.15, 0.2) is 30.3 Å². The van der Waals surface area contributed by atoms with Crippen LogP contribution in [0.25, 0.3) is 0 Å². The Labute approximate surface area is 92.5 Å². The van der Waals surface area contributed by atoms with Crippen LogP contribution in [0.5, 0.6) is 0 Å². The van der Waals surface area contributed by atoms with Gasteiger partial charge in [0.15, 0.2) is 0 Å². The van der Waals surface area contributed by atoms with Crippen LogP contribution in [0, 0.1) is 5.92 Å². The monoisotopic (exact) mass is 224 g/mol. The first-order chi connectivity index (χ1) is 7.11. The van der Waals surface area contributed by atoms with Crippen LogP contribution >= 0.6 is 11.8 Å². The fourth-order valence-electron chi connectivity index (χ4n) is 0.930. The molecule has 0 saturated heterocycles. The summed E-state index contributed by atoms with van der Waals surface area (Å²) < 4.78 is 0. The van der Waals surface area contributed by atoms with E-state index >= 15 is 0 Å². The van der Waals surface area contributed by atoms with Gasteiger partial charge in [-0.3, -0.25) is 9.59 Å². The van der Waals surface area contributed by atoms with Crippen molar-refractivity contribution in [3.05, 3.63) is 35.9 Å². The molecular formula is C11H12O3S. The topological polar surface area (TPSA) is 54.4 Å². The third-order valence-electron chi connectivity index (χ3n) is 1.90. The molecule has 80 valence electrons. The highest BCUT2D eigenvalue weighted by Gasteiger charge is 2.14. The van der Waals surface area contributed by atoms with Crippen molar-refractivity contribution in [3.63, 3.8) is 0 Å². The van der Waals surface area contributed by atoms with E-state index in [1.807, 2.05) is 6.07 Å². The van der Waals surface area contributed by atoms with Crippen molar-refractivity contribution < 1.29 is 14.7 Å². The molecule has 15 heavy (non-hydrogen) atoms. The lowest BCUT2D eigenvalue weighted by molar-refractivity contribution is -0.140. The molecular weight excluding hydrogens is 212 g/mol. The van der Waals surface area contributed by atoms with Crippen molar-refractivity contribution in [1.29, 1.82) is 0 Å². The van der Waals surface area contributed by atoms with Crippen molar-refractivity contribution in [2.45, 2.75) is 6.92 Å². The second-order valence-electron chi connectivity index (χ2n) is 3.20. The highest BCUT2D eigenvalue weighted by Crippen LogP contribution is 2.15. The summed E-state index contributed by atoms with van der Waals surface area (Å²) in [6, 6.07) is 8.85. The number of benzene rings is 1. The third-order valence-corrected chi connectivity index (χ3v) is 3.06. The van der Waals surface area contributed by atoms with Crippen molar-refractivity contribution in [3.8, 4) is 0 Å². The summed E-state index contributed by atoms with van der Waals surface area (Å²) in [6.45, 7) is 1.59. The number of aliphatic carboxylic acids is 1. The van der Waals surface area contributed by atoms with E-state index in [1.54, 1.807) is 31.2 Å². The molecule has 0 aliphatic heterocycles. The molecule has 1 atom stereocenters. The van der Waals surface area contributed by atoms with Crippen LogP contribution in [0.1, 0.15) is 17.3 Å². The zero-order chi connectivity index (χ0) is 11.3. The Morgan fingerprint density at radius 2 is 1.93 bits per heavy atom. The maximum absolute atomic E-state index is 11.5. The fraction of sp³-hybridized carbons (Fsp3) is 0.273. The van der Waals surface area contributed by atoms with Crippen LogP contribution in [-0.4, -0.2) is 21.9 Å². The Bertz CT molecular complexity index is 348. The number of hydrogen-bond acceptors (Lipinski definition) is 3. The molecule has 0 spiro atoms. The Morgan fingerprint density at radius 1 is 1.33 bits per heavy atom. The van der Waals surface area contributed by atoms with Crippen LogP contribution < -0.4 is 0 Å². The predicted molar refractivity (Wildman–Crippen MR) is 60.0 cm³/mol. The fourth-order valence-corrected chi connectivity index (χ4v) is 1.78. The Balaban J connectivity index is 2.47. The number of carboxylic acid groups (broad SMARTS) is 1. The number of carboxylic acids is 1. The van der Waals surface area contributed by atoms with E-state index in [4.69, 9.17) is 5.11 Å². The SMILES string of the molecule is C[C@H](CSC(=O)c1ccccc1)C(=O)O. The maximum atomic E-state index is 11.5. The van der Waals surface area contributed by atoms with E-state index in [9.17, 15) is 9.59 Å². The van der Waals surface area contributed by atoms with E-state index in [2.05, 4.69) is 0 Å². The number of thioether (sulfide) groups is 1. The molecule has 0 aliphatic rings. The molecule has 0 fully saturated rings. The Hall–Kier alpha value is -1.29. The number of rotatable bonds is 4. The first kappa shape index (κ1) is 11.8. The minimum atomic E-state index is -0.872. The summed E-state index contributed by atoms with van der Waals surface area (Å²) in [6.07, 6.45) is 0. The lowest BCUT2D eigenvalue weighted by atomic mass is 10.2. The van der Waals surface area contributed by atoms with E-state index < -0.39 is 11.9 Å². The van der Waals surface area contributed by atoms with Crippen LogP contribution in [0.4, 0.5) is 0 Å². The zero-order valence-electron chi connectivity index (χ0n) is 8.34. The molecule has 3 nitrogen and oxygen atoms in total. The van der Waals surface area contributed by atoms with E-state index in [0.717, 1.165) is 11.8 Å². The number of hydrogen-bond donors (Lipinski definition) is 1. The molecule has 1 aromatic rings. The predicted octanol–water partition coefficient (Wildman–Crippen LogP) is 2.28. The van der Waals surface area contributed by atoms with Gasteiger partial charge in [-0.15, -0.1) is 0 Å². The molecule has 1 rings (SSSR count). The van der Waals surface area contributed by atoms with Gasteiger partial charge in [-0.2, -0.15) is 0 Å². The average Bonchev–Trinajstić information content (AvgIpc) is 2.26. The summed E-state index contributed by atoms with van der Waals surface area (Å²) in [7, 11) is 0. The van der Waals surface area contributed by atoms with E-state index in [0.29, 0.717) is 11.3 Å². The molecule has 0 aromatic heterocycles. The van der Waals surface area contributed by atoms with Gasteiger partial charge in [0.1, 0.15) is 0 Å². The second-order valence-corrected chi connectivity index (χ2v) is 4.20. The van der Waals surface area contributed by atoms with E-state index in [-0.39, 0.29) is 5.12 Å². The molecule has 0 unspecified atom stereocenters. The van der Waals surface area contributed by atoms with Crippen LogP contribution in [0.2, 0.25) is 0 Å². The molecule has 4 heteroatoms. The van der Waals surface area contributed by atoms with Gasteiger partial charge in [0.25, 0.3) is 0 Å². The molecule has 1 aromatic carbocycles. The molecule has 0 heterocycles. The van der Waals surface area contributed by atoms with Crippen LogP contribution in [0.3, 0.4) is 0 Å². The quantitative estimate of drug-likeness (QED) is 0.852. The van der Waals surface area contributed by atoms with Gasteiger partial charge < -0.3 is 5.11 Å². The van der Waals surface area contributed by atoms with Gasteiger partial charge in [-0.1, -0.05) is 49.0 Å². The average molecular weight is 224 g/mol. The third kappa shape index (κ3) is 3.75. The summed E-state index contributed by atoms with van der Waals surface area (Å²) in [5.74, 6) is -1.06. The maximum Gasteiger partial charge on any atom is 0.307 e. The molecule has 0 saturated carbocycles.